The van der Waals surface area contributed by atoms with Gasteiger partial charge in [-0.05, 0) is 64.8 Å². The predicted molar refractivity (Wildman–Crippen MR) is 206 cm³/mol. The Morgan fingerprint density at radius 1 is 0.400 bits per heavy atom. The normalized spacial score (nSPS) is 15.2. The van der Waals surface area contributed by atoms with Crippen LogP contribution in [0.2, 0.25) is 0 Å². The quantitative estimate of drug-likeness (QED) is 0.187. The number of hydrogen-bond acceptors (Lipinski definition) is 2. The van der Waals surface area contributed by atoms with E-state index in [2.05, 4.69) is 193 Å². The Morgan fingerprint density at radius 3 is 1.36 bits per heavy atom. The van der Waals surface area contributed by atoms with E-state index < -0.39 is 0 Å². The summed E-state index contributed by atoms with van der Waals surface area (Å²) in [5.41, 5.74) is 14.7. The molecule has 50 heavy (non-hydrogen) atoms. The standard InChI is InChI=1S/C46H34N4/c1-49-30-35-29-42(49)46(34-21-13-6-14-22-34)39-26-24-37(48-39)44(32-17-9-4-10-18-32)36-23-25-38(47-36)45(33-19-11-5-12-20-33)41-28-27-40(50(41)2)43(35)31-15-7-3-8-16-31/h3-30H,1-2H3. The van der Waals surface area contributed by atoms with E-state index in [0.717, 1.165) is 83.7 Å². The van der Waals surface area contributed by atoms with Crippen molar-refractivity contribution >= 4 is 33.7 Å². The minimum atomic E-state index is 0.893. The summed E-state index contributed by atoms with van der Waals surface area (Å²) in [5.74, 6) is 0. The van der Waals surface area contributed by atoms with Crippen LogP contribution in [0.5, 0.6) is 0 Å². The van der Waals surface area contributed by atoms with E-state index in [0.29, 0.717) is 0 Å². The Morgan fingerprint density at radius 2 is 0.820 bits per heavy atom. The highest BCUT2D eigenvalue weighted by atomic mass is 15.0. The zero-order valence-corrected chi connectivity index (χ0v) is 28.0. The SMILES string of the molecule is Cn1cc2cc1C(c1ccccc1)=C1C=CC(=N1)C(c1ccccc1)=C1C=CC(=N1)C(c1ccccc1)=c1ccc(n1C)=C2c1ccccc1. The summed E-state index contributed by atoms with van der Waals surface area (Å²) in [5, 5.41) is 2.22. The number of aromatic nitrogens is 2. The van der Waals surface area contributed by atoms with E-state index >= 15 is 0 Å². The summed E-state index contributed by atoms with van der Waals surface area (Å²) in [7, 11) is 4.31. The van der Waals surface area contributed by atoms with E-state index in [4.69, 9.17) is 9.98 Å². The highest BCUT2D eigenvalue weighted by Gasteiger charge is 2.25. The highest BCUT2D eigenvalue weighted by molar-refractivity contribution is 6.35. The number of aryl methyl sites for hydroxylation is 1. The summed E-state index contributed by atoms with van der Waals surface area (Å²) < 4.78 is 4.57. The second kappa shape index (κ2) is 12.2. The minimum Gasteiger partial charge on any atom is -0.350 e. The van der Waals surface area contributed by atoms with E-state index in [1.54, 1.807) is 0 Å². The van der Waals surface area contributed by atoms with E-state index in [-0.39, 0.29) is 0 Å². The average Bonchev–Trinajstić information content (AvgIpc) is 3.98. The van der Waals surface area contributed by atoms with Crippen LogP contribution in [0.25, 0.3) is 22.3 Å². The molecule has 0 amide bonds. The fraction of sp³-hybridized carbons (Fsp3) is 0.0435. The Hall–Kier alpha value is -6.52. The van der Waals surface area contributed by atoms with Crippen LogP contribution in [0.15, 0.2) is 191 Å². The van der Waals surface area contributed by atoms with Gasteiger partial charge in [-0.1, -0.05) is 121 Å². The van der Waals surface area contributed by atoms with Crippen molar-refractivity contribution in [1.82, 2.24) is 9.13 Å². The van der Waals surface area contributed by atoms with Crippen molar-refractivity contribution in [2.45, 2.75) is 0 Å². The van der Waals surface area contributed by atoms with Gasteiger partial charge in [-0.25, -0.2) is 9.98 Å². The molecule has 2 aromatic heterocycles. The van der Waals surface area contributed by atoms with Crippen molar-refractivity contribution < 1.29 is 0 Å². The smallest absolute Gasteiger partial charge is 0.0738 e. The molecule has 4 heteroatoms. The van der Waals surface area contributed by atoms with Crippen LogP contribution in [-0.4, -0.2) is 20.6 Å². The first-order valence-electron chi connectivity index (χ1n) is 17.0. The summed E-state index contributed by atoms with van der Waals surface area (Å²) in [6.45, 7) is 0. The van der Waals surface area contributed by atoms with Gasteiger partial charge >= 0.3 is 0 Å². The zero-order chi connectivity index (χ0) is 33.6. The highest BCUT2D eigenvalue weighted by Crippen LogP contribution is 2.36. The van der Waals surface area contributed by atoms with Crippen LogP contribution in [0.3, 0.4) is 0 Å². The second-order valence-corrected chi connectivity index (χ2v) is 12.8. The lowest BCUT2D eigenvalue weighted by atomic mass is 9.97. The van der Waals surface area contributed by atoms with Crippen molar-refractivity contribution in [3.05, 3.63) is 226 Å². The molecular formula is C46H34N4. The molecule has 8 bridgehead atoms. The first-order chi connectivity index (χ1) is 24.6. The predicted octanol–water partition coefficient (Wildman–Crippen LogP) is 8.02. The number of allylic oxidation sites excluding steroid dienone is 5. The maximum Gasteiger partial charge on any atom is 0.0738 e. The number of rotatable bonds is 4. The minimum absolute atomic E-state index is 0.893. The van der Waals surface area contributed by atoms with Gasteiger partial charge in [0, 0.05) is 53.5 Å². The van der Waals surface area contributed by atoms with Crippen molar-refractivity contribution in [2.24, 2.45) is 24.1 Å². The zero-order valence-electron chi connectivity index (χ0n) is 28.0. The van der Waals surface area contributed by atoms with Gasteiger partial charge in [0.25, 0.3) is 0 Å². The van der Waals surface area contributed by atoms with Crippen molar-refractivity contribution in [3.63, 3.8) is 0 Å². The Balaban J connectivity index is 1.46. The summed E-state index contributed by atoms with van der Waals surface area (Å²) in [6.07, 6.45) is 10.8. The van der Waals surface area contributed by atoms with Gasteiger partial charge in [0.1, 0.15) is 0 Å². The van der Waals surface area contributed by atoms with Gasteiger partial charge < -0.3 is 9.13 Å². The summed E-state index contributed by atoms with van der Waals surface area (Å²) in [6, 6.07) is 49.2. The van der Waals surface area contributed by atoms with Crippen LogP contribution in [0, 0.1) is 0 Å². The van der Waals surface area contributed by atoms with Crippen LogP contribution >= 0.6 is 0 Å². The molecule has 0 unspecified atom stereocenters. The van der Waals surface area contributed by atoms with Gasteiger partial charge in [-0.2, -0.15) is 0 Å². The molecular weight excluding hydrogens is 609 g/mol. The molecule has 0 spiro atoms. The molecule has 3 aliphatic heterocycles. The van der Waals surface area contributed by atoms with Gasteiger partial charge in [-0.3, -0.25) is 0 Å². The largest absolute Gasteiger partial charge is 0.350 e. The maximum atomic E-state index is 5.40. The Bertz CT molecular complexity index is 2610. The molecule has 0 saturated carbocycles. The number of aliphatic imine (C=N–C) groups is 2. The molecule has 0 N–H and O–H groups in total. The molecule has 0 aliphatic carbocycles. The van der Waals surface area contributed by atoms with Gasteiger partial charge in [0.15, 0.2) is 0 Å². The van der Waals surface area contributed by atoms with Gasteiger partial charge in [0.05, 0.1) is 33.9 Å². The van der Waals surface area contributed by atoms with Crippen molar-refractivity contribution in [1.29, 1.82) is 0 Å². The third-order valence-electron chi connectivity index (χ3n) is 9.74. The third-order valence-corrected chi connectivity index (χ3v) is 9.74. The third kappa shape index (κ3) is 5.01. The molecule has 4 nitrogen and oxygen atoms in total. The molecule has 9 rings (SSSR count). The van der Waals surface area contributed by atoms with Crippen molar-refractivity contribution in [2.75, 3.05) is 0 Å². The topological polar surface area (TPSA) is 34.6 Å². The molecule has 238 valence electrons. The maximum absolute atomic E-state index is 5.40. The number of nitrogens with zero attached hydrogens (tertiary/aromatic N) is 4. The summed E-state index contributed by atoms with van der Waals surface area (Å²) in [4.78, 5) is 10.8. The molecule has 3 aliphatic rings. The summed E-state index contributed by atoms with van der Waals surface area (Å²) >= 11 is 0. The van der Waals surface area contributed by atoms with Crippen LogP contribution in [0.1, 0.15) is 33.5 Å². The fourth-order valence-electron chi connectivity index (χ4n) is 7.41. The fourth-order valence-corrected chi connectivity index (χ4v) is 7.41. The molecule has 0 fully saturated rings. The molecule has 6 aromatic rings. The average molecular weight is 643 g/mol. The van der Waals surface area contributed by atoms with Crippen LogP contribution in [0.4, 0.5) is 0 Å². The first kappa shape index (κ1) is 29.6. The Kier molecular flexibility index (Phi) is 7.21. The molecule has 0 radical (unpaired) electrons. The second-order valence-electron chi connectivity index (χ2n) is 12.8. The number of fused-ring (bicyclic) bond motifs is 6. The van der Waals surface area contributed by atoms with Crippen LogP contribution in [-0.2, 0) is 14.1 Å². The lowest BCUT2D eigenvalue weighted by molar-refractivity contribution is 0.854. The molecule has 0 atom stereocenters. The van der Waals surface area contributed by atoms with E-state index in [1.807, 2.05) is 0 Å². The number of hydrogen-bond donors (Lipinski definition) is 0. The van der Waals surface area contributed by atoms with Gasteiger partial charge in [-0.15, -0.1) is 0 Å². The van der Waals surface area contributed by atoms with E-state index in [9.17, 15) is 0 Å². The van der Waals surface area contributed by atoms with Crippen molar-refractivity contribution in [3.8, 4) is 0 Å². The van der Waals surface area contributed by atoms with Gasteiger partial charge in [0.2, 0.25) is 0 Å². The van der Waals surface area contributed by atoms with E-state index in [1.165, 1.54) is 5.57 Å². The first-order valence-corrected chi connectivity index (χ1v) is 17.0. The Labute approximate surface area is 291 Å². The lowest BCUT2D eigenvalue weighted by Crippen LogP contribution is -2.29. The molecule has 0 saturated heterocycles. The molecule has 5 heterocycles. The molecule has 4 aromatic carbocycles. The van der Waals surface area contributed by atoms with Crippen LogP contribution < -0.4 is 10.7 Å². The monoisotopic (exact) mass is 642 g/mol. The number of benzene rings is 4. The lowest BCUT2D eigenvalue weighted by Gasteiger charge is -2.12.